The van der Waals surface area contributed by atoms with Gasteiger partial charge < -0.3 is 15.0 Å². The zero-order valence-corrected chi connectivity index (χ0v) is 16.7. The largest absolute Gasteiger partial charge is 0.490 e. The molecule has 8 nitrogen and oxygen atoms in total. The smallest absolute Gasteiger partial charge is 0.227 e. The number of rotatable bonds is 6. The third kappa shape index (κ3) is 4.32. The van der Waals surface area contributed by atoms with E-state index in [4.69, 9.17) is 4.74 Å². The minimum absolute atomic E-state index is 0.0780. The van der Waals surface area contributed by atoms with E-state index in [1.165, 1.54) is 6.33 Å². The lowest BCUT2D eigenvalue weighted by atomic mass is 10.1. The van der Waals surface area contributed by atoms with Crippen molar-refractivity contribution in [2.24, 2.45) is 0 Å². The van der Waals surface area contributed by atoms with Gasteiger partial charge in [0.1, 0.15) is 25.0 Å². The van der Waals surface area contributed by atoms with Gasteiger partial charge in [0.2, 0.25) is 11.8 Å². The Morgan fingerprint density at radius 1 is 1.13 bits per heavy atom. The molecule has 0 fully saturated rings. The van der Waals surface area contributed by atoms with Crippen LogP contribution in [0.2, 0.25) is 0 Å². The van der Waals surface area contributed by atoms with Gasteiger partial charge >= 0.3 is 0 Å². The molecule has 1 aliphatic rings. The maximum absolute atomic E-state index is 12.6. The molecule has 4 rings (SSSR count). The maximum atomic E-state index is 12.6. The van der Waals surface area contributed by atoms with Crippen molar-refractivity contribution < 1.29 is 14.3 Å². The van der Waals surface area contributed by atoms with Crippen LogP contribution in [0.25, 0.3) is 5.69 Å². The fourth-order valence-electron chi connectivity index (χ4n) is 3.44. The zero-order valence-electron chi connectivity index (χ0n) is 16.7. The second-order valence-electron chi connectivity index (χ2n) is 7.08. The number of fused-ring (bicyclic) bond motifs is 1. The molecule has 0 saturated heterocycles. The first kappa shape index (κ1) is 19.6. The Hall–Kier alpha value is -3.68. The van der Waals surface area contributed by atoms with Crippen LogP contribution in [0.4, 0.5) is 5.69 Å². The van der Waals surface area contributed by atoms with Crippen molar-refractivity contribution in [1.29, 1.82) is 0 Å². The van der Waals surface area contributed by atoms with Crippen LogP contribution in [-0.2, 0) is 9.59 Å². The Kier molecular flexibility index (Phi) is 5.74. The average Bonchev–Trinajstić information content (AvgIpc) is 3.32. The number of hydrogen-bond acceptors (Lipinski definition) is 5. The first-order chi connectivity index (χ1) is 14.6. The number of nitrogens with one attached hydrogen (secondary N) is 1. The fourth-order valence-corrected chi connectivity index (χ4v) is 3.44. The molecule has 0 aliphatic carbocycles. The van der Waals surface area contributed by atoms with Gasteiger partial charge in [0, 0.05) is 12.8 Å². The van der Waals surface area contributed by atoms with Crippen molar-refractivity contribution in [1.82, 2.24) is 20.1 Å². The molecular weight excluding hydrogens is 382 g/mol. The molecule has 2 aromatic carbocycles. The van der Waals surface area contributed by atoms with Crippen LogP contribution in [-0.4, -0.2) is 39.7 Å². The first-order valence-corrected chi connectivity index (χ1v) is 9.88. The number of aromatic nitrogens is 3. The van der Waals surface area contributed by atoms with Gasteiger partial charge in [-0.05, 0) is 36.8 Å². The van der Waals surface area contributed by atoms with E-state index in [0.29, 0.717) is 18.9 Å². The van der Waals surface area contributed by atoms with E-state index >= 15 is 0 Å². The molecule has 0 saturated carbocycles. The SMILES string of the molecule is CC(NC(=O)CCC(=O)N1CCOc2ccccc21)c1ccc(-n2cncn2)cc1. The molecule has 1 atom stereocenters. The minimum Gasteiger partial charge on any atom is -0.490 e. The molecule has 2 heterocycles. The fraction of sp³-hybridized carbons (Fsp3) is 0.273. The molecule has 2 amide bonds. The van der Waals surface area contributed by atoms with E-state index in [9.17, 15) is 9.59 Å². The van der Waals surface area contributed by atoms with Crippen molar-refractivity contribution in [3.05, 3.63) is 66.7 Å². The lowest BCUT2D eigenvalue weighted by Gasteiger charge is -2.29. The third-order valence-electron chi connectivity index (χ3n) is 5.05. The molecule has 1 aromatic heterocycles. The molecule has 1 N–H and O–H groups in total. The minimum atomic E-state index is -0.165. The molecule has 8 heteroatoms. The molecule has 0 spiro atoms. The number of hydrogen-bond donors (Lipinski definition) is 1. The number of carbonyl (C=O) groups is 2. The molecule has 1 aliphatic heterocycles. The van der Waals surface area contributed by atoms with Crippen LogP contribution in [0, 0.1) is 0 Å². The summed E-state index contributed by atoms with van der Waals surface area (Å²) in [6.07, 6.45) is 3.40. The summed E-state index contributed by atoms with van der Waals surface area (Å²) < 4.78 is 7.25. The lowest BCUT2D eigenvalue weighted by Crippen LogP contribution is -2.38. The number of benzene rings is 2. The highest BCUT2D eigenvalue weighted by Crippen LogP contribution is 2.31. The number of nitrogens with zero attached hydrogens (tertiary/aromatic N) is 4. The highest BCUT2D eigenvalue weighted by Gasteiger charge is 2.23. The summed E-state index contributed by atoms with van der Waals surface area (Å²) in [6.45, 7) is 2.87. The highest BCUT2D eigenvalue weighted by atomic mass is 16.5. The van der Waals surface area contributed by atoms with Crippen molar-refractivity contribution >= 4 is 17.5 Å². The van der Waals surface area contributed by atoms with Crippen LogP contribution in [0.15, 0.2) is 61.2 Å². The molecule has 1 unspecified atom stereocenters. The van der Waals surface area contributed by atoms with E-state index in [1.54, 1.807) is 15.9 Å². The Labute approximate surface area is 174 Å². The summed E-state index contributed by atoms with van der Waals surface area (Å²) in [5, 5.41) is 7.05. The summed E-state index contributed by atoms with van der Waals surface area (Å²) in [6, 6.07) is 15.0. The van der Waals surface area contributed by atoms with E-state index < -0.39 is 0 Å². The summed E-state index contributed by atoms with van der Waals surface area (Å²) in [7, 11) is 0. The highest BCUT2D eigenvalue weighted by molar-refractivity contribution is 5.97. The summed E-state index contributed by atoms with van der Waals surface area (Å²) >= 11 is 0. The number of para-hydroxylation sites is 2. The van der Waals surface area contributed by atoms with Gasteiger partial charge in [-0.1, -0.05) is 24.3 Å². The normalized spacial score (nSPS) is 13.8. The maximum Gasteiger partial charge on any atom is 0.227 e. The number of amides is 2. The van der Waals surface area contributed by atoms with Gasteiger partial charge in [0.05, 0.1) is 24.0 Å². The Morgan fingerprint density at radius 3 is 2.70 bits per heavy atom. The van der Waals surface area contributed by atoms with Crippen LogP contribution < -0.4 is 15.0 Å². The Bertz CT molecular complexity index is 1020. The predicted octanol–water partition coefficient (Wildman–Crippen LogP) is 2.65. The van der Waals surface area contributed by atoms with Gasteiger partial charge in [-0.2, -0.15) is 5.10 Å². The number of anilines is 1. The second kappa shape index (κ2) is 8.77. The average molecular weight is 405 g/mol. The first-order valence-electron chi connectivity index (χ1n) is 9.88. The van der Waals surface area contributed by atoms with Gasteiger partial charge in [-0.25, -0.2) is 9.67 Å². The van der Waals surface area contributed by atoms with Gasteiger partial charge in [0.25, 0.3) is 0 Å². The third-order valence-corrected chi connectivity index (χ3v) is 5.05. The molecule has 3 aromatic rings. The monoisotopic (exact) mass is 405 g/mol. The van der Waals surface area contributed by atoms with Crippen molar-refractivity contribution in [3.63, 3.8) is 0 Å². The van der Waals surface area contributed by atoms with Gasteiger partial charge in [-0.3, -0.25) is 9.59 Å². The zero-order chi connectivity index (χ0) is 20.9. The predicted molar refractivity (Wildman–Crippen MR) is 111 cm³/mol. The van der Waals surface area contributed by atoms with E-state index in [2.05, 4.69) is 15.4 Å². The van der Waals surface area contributed by atoms with Crippen molar-refractivity contribution in [2.75, 3.05) is 18.1 Å². The topological polar surface area (TPSA) is 89.4 Å². The van der Waals surface area contributed by atoms with Gasteiger partial charge in [-0.15, -0.1) is 0 Å². The quantitative estimate of drug-likeness (QED) is 0.681. The van der Waals surface area contributed by atoms with E-state index in [-0.39, 0.29) is 30.7 Å². The van der Waals surface area contributed by atoms with Crippen LogP contribution in [0.5, 0.6) is 5.75 Å². The summed E-state index contributed by atoms with van der Waals surface area (Å²) in [5.74, 6) is 0.466. The van der Waals surface area contributed by atoms with Crippen LogP contribution >= 0.6 is 0 Å². The van der Waals surface area contributed by atoms with Crippen molar-refractivity contribution in [2.45, 2.75) is 25.8 Å². The molecule has 0 radical (unpaired) electrons. The summed E-state index contributed by atoms with van der Waals surface area (Å²) in [4.78, 5) is 30.7. The van der Waals surface area contributed by atoms with Gasteiger partial charge in [0.15, 0.2) is 0 Å². The molecule has 0 bridgehead atoms. The second-order valence-corrected chi connectivity index (χ2v) is 7.08. The number of ether oxygens (including phenoxy) is 1. The summed E-state index contributed by atoms with van der Waals surface area (Å²) in [5.41, 5.74) is 2.63. The van der Waals surface area contributed by atoms with E-state index in [1.807, 2.05) is 55.5 Å². The molecule has 30 heavy (non-hydrogen) atoms. The Morgan fingerprint density at radius 2 is 1.93 bits per heavy atom. The lowest BCUT2D eigenvalue weighted by molar-refractivity contribution is -0.125. The van der Waals surface area contributed by atoms with Crippen molar-refractivity contribution in [3.8, 4) is 11.4 Å². The molecule has 154 valence electrons. The van der Waals surface area contributed by atoms with Crippen LogP contribution in [0.3, 0.4) is 0 Å². The Balaban J connectivity index is 1.30. The van der Waals surface area contributed by atoms with E-state index in [0.717, 1.165) is 16.9 Å². The molecular formula is C22H23N5O3. The number of carbonyl (C=O) groups excluding carboxylic acids is 2. The van der Waals surface area contributed by atoms with Crippen LogP contribution in [0.1, 0.15) is 31.4 Å². The standard InChI is InChI=1S/C22H23N5O3/c1-16(17-6-8-18(9-7-17)27-15-23-14-24-27)25-21(28)10-11-22(29)26-12-13-30-20-5-3-2-4-19(20)26/h2-9,14-16H,10-13H2,1H3,(H,25,28).